The summed E-state index contributed by atoms with van der Waals surface area (Å²) in [5.41, 5.74) is 5.47. The molecule has 0 saturated heterocycles. The monoisotopic (exact) mass is 739 g/mol. The van der Waals surface area contributed by atoms with E-state index in [2.05, 4.69) is 31.2 Å². The fourth-order valence-corrected chi connectivity index (χ4v) is 9.89. The summed E-state index contributed by atoms with van der Waals surface area (Å²) in [4.78, 5) is 1.51. The molecule has 11 rings (SSSR count). The van der Waals surface area contributed by atoms with Crippen LogP contribution in [0, 0.1) is 0 Å². The van der Waals surface area contributed by atoms with Crippen LogP contribution >= 0.6 is 11.3 Å². The van der Waals surface area contributed by atoms with E-state index in [0.717, 1.165) is 58.8 Å². The van der Waals surface area contributed by atoms with Gasteiger partial charge in [0.25, 0.3) is 0 Å². The van der Waals surface area contributed by atoms with Gasteiger partial charge in [0.1, 0.15) is 0 Å². The van der Waals surface area contributed by atoms with Crippen LogP contribution in [0.3, 0.4) is 0 Å². The molecule has 0 radical (unpaired) electrons. The maximum atomic E-state index is 10.2. The average Bonchev–Trinajstić information content (AvgIpc) is 3.84. The first-order valence-electron chi connectivity index (χ1n) is 22.7. The zero-order chi connectivity index (χ0) is 44.2. The van der Waals surface area contributed by atoms with Crippen molar-refractivity contribution in [3.8, 4) is 33.4 Å². The van der Waals surface area contributed by atoms with Crippen LogP contribution in [0.25, 0.3) is 64.3 Å². The fraction of sp³-hybridized carbons (Fsp3) is 0.0370. The summed E-state index contributed by atoms with van der Waals surface area (Å²) >= 11 is 1.53. The molecule has 1 nitrogen and oxygen atoms in total. The Labute approximate surface area is 342 Å². The van der Waals surface area contributed by atoms with Gasteiger partial charge in [-0.1, -0.05) is 170 Å². The Kier molecular flexibility index (Phi) is 5.86. The van der Waals surface area contributed by atoms with Crippen LogP contribution in [0.4, 0.5) is 17.1 Å². The average molecular weight is 740 g/mol. The molecule has 2 heteroatoms. The Morgan fingerprint density at radius 1 is 0.500 bits per heavy atom. The van der Waals surface area contributed by atoms with Crippen LogP contribution in [-0.2, 0) is 5.41 Å². The van der Waals surface area contributed by atoms with Gasteiger partial charge in [-0.05, 0) is 98.5 Å². The van der Waals surface area contributed by atoms with Crippen molar-refractivity contribution >= 4 is 59.3 Å². The van der Waals surface area contributed by atoms with Crippen molar-refractivity contribution in [3.05, 3.63) is 223 Å². The molecule has 1 aliphatic rings. The van der Waals surface area contributed by atoms with Crippen molar-refractivity contribution in [2.24, 2.45) is 0 Å². The predicted molar refractivity (Wildman–Crippen MR) is 240 cm³/mol. The van der Waals surface area contributed by atoms with Gasteiger partial charge >= 0.3 is 0 Å². The maximum absolute atomic E-state index is 10.2. The molecule has 1 unspecified atom stereocenters. The minimum atomic E-state index is -0.664. The number of fused-ring (bicyclic) bond motifs is 7. The lowest BCUT2D eigenvalue weighted by atomic mass is 9.74. The summed E-state index contributed by atoms with van der Waals surface area (Å²) in [6.45, 7) is 2.17. The molecule has 0 saturated carbocycles. The summed E-state index contributed by atoms with van der Waals surface area (Å²) in [6.07, 6.45) is 0. The molecule has 0 fully saturated rings. The molecule has 264 valence electrons. The Hall–Kier alpha value is -6.74. The number of nitrogens with zero attached hydrogens (tertiary/aromatic N) is 1. The van der Waals surface area contributed by atoms with E-state index in [4.69, 9.17) is 0 Å². The second kappa shape index (κ2) is 12.9. The van der Waals surface area contributed by atoms with Crippen LogP contribution in [0.5, 0.6) is 0 Å². The molecule has 0 aliphatic heterocycles. The number of hydrogen-bond donors (Lipinski definition) is 0. The molecule has 0 spiro atoms. The van der Waals surface area contributed by atoms with E-state index in [9.17, 15) is 11.0 Å². The SMILES string of the molecule is [2H]c1c([2H])c(-c2cccc3c2sc2ccccc23)c([2H])c(N(c2cccc3c2-c2ccccc2C3(C)c2ccccc2)c2c([2H])c([2H])c(-c3cccc4ccccc34)c([2H])c2[2H])c1[2H]. The van der Waals surface area contributed by atoms with E-state index in [1.165, 1.54) is 16.2 Å². The second-order valence-corrected chi connectivity index (χ2v) is 15.4. The highest BCUT2D eigenvalue weighted by Crippen LogP contribution is 2.57. The molecule has 1 atom stereocenters. The molecule has 1 aromatic heterocycles. The smallest absolute Gasteiger partial charge is 0.0651 e. The third-order valence-corrected chi connectivity index (χ3v) is 12.5. The minimum Gasteiger partial charge on any atom is -0.310 e. The van der Waals surface area contributed by atoms with E-state index in [-0.39, 0.29) is 58.8 Å². The van der Waals surface area contributed by atoms with Gasteiger partial charge in [-0.15, -0.1) is 11.3 Å². The van der Waals surface area contributed by atoms with Gasteiger partial charge in [-0.3, -0.25) is 0 Å². The molecule has 10 aromatic rings. The van der Waals surface area contributed by atoms with Crippen molar-refractivity contribution in [2.45, 2.75) is 12.3 Å². The molecular weight excluding hydrogens is 695 g/mol. The third-order valence-electron chi connectivity index (χ3n) is 11.3. The zero-order valence-electron chi connectivity index (χ0n) is 38.4. The first-order chi connectivity index (χ1) is 31.0. The maximum Gasteiger partial charge on any atom is 0.0651 e. The van der Waals surface area contributed by atoms with Gasteiger partial charge in [0.05, 0.1) is 16.7 Å². The van der Waals surface area contributed by atoms with E-state index >= 15 is 0 Å². The van der Waals surface area contributed by atoms with Gasteiger partial charge in [-0.2, -0.15) is 0 Å². The summed E-state index contributed by atoms with van der Waals surface area (Å²) in [6, 6.07) is 48.4. The van der Waals surface area contributed by atoms with Crippen LogP contribution in [-0.4, -0.2) is 0 Å². The van der Waals surface area contributed by atoms with Gasteiger partial charge < -0.3 is 4.90 Å². The minimum absolute atomic E-state index is 0.118. The third kappa shape index (κ3) is 5.00. The number of benzene rings is 9. The molecule has 1 aliphatic carbocycles. The van der Waals surface area contributed by atoms with Gasteiger partial charge in [0, 0.05) is 42.5 Å². The highest BCUT2D eigenvalue weighted by atomic mass is 32.1. The van der Waals surface area contributed by atoms with Crippen LogP contribution in [0.1, 0.15) is 34.6 Å². The fourth-order valence-electron chi connectivity index (χ4n) is 8.66. The predicted octanol–water partition coefficient (Wildman–Crippen LogP) is 15.3. The molecule has 0 amide bonds. The van der Waals surface area contributed by atoms with E-state index in [1.807, 2.05) is 127 Å². The van der Waals surface area contributed by atoms with Crippen molar-refractivity contribution in [1.29, 1.82) is 0 Å². The Bertz CT molecular complexity index is 3550. The Balaban J connectivity index is 1.26. The number of thiophene rings is 1. The van der Waals surface area contributed by atoms with Gasteiger partial charge in [0.2, 0.25) is 0 Å². The zero-order valence-corrected chi connectivity index (χ0v) is 31.2. The summed E-state index contributed by atoms with van der Waals surface area (Å²) in [5, 5.41) is 3.64. The van der Waals surface area contributed by atoms with E-state index in [1.54, 1.807) is 6.07 Å². The standard InChI is InChI=1S/C54H37NS/c1-54(39-18-3-2-4-19-39)48-27-9-7-23-47(48)52-49(54)28-14-29-50(52)55(40-33-31-37(32-34-40)43-24-12-16-36-15-5-6-21-42(36)43)41-20-11-17-38(35-41)44-25-13-26-46-45-22-8-10-30-51(45)56-53(44)46/h2-35H,1H3/i11D,17D,20D,31D,32D,33D,34D,35D. The van der Waals surface area contributed by atoms with E-state index in [0.29, 0.717) is 16.8 Å². The van der Waals surface area contributed by atoms with Gasteiger partial charge in [-0.25, -0.2) is 0 Å². The van der Waals surface area contributed by atoms with Gasteiger partial charge in [0.15, 0.2) is 0 Å². The lowest BCUT2D eigenvalue weighted by molar-refractivity contribution is 0.714. The quantitative estimate of drug-likeness (QED) is 0.164. The van der Waals surface area contributed by atoms with Crippen molar-refractivity contribution in [2.75, 3.05) is 4.90 Å². The van der Waals surface area contributed by atoms with Crippen LogP contribution in [0.15, 0.2) is 206 Å². The highest BCUT2D eigenvalue weighted by molar-refractivity contribution is 7.26. The highest BCUT2D eigenvalue weighted by Gasteiger charge is 2.42. The first-order valence-corrected chi connectivity index (χ1v) is 19.5. The van der Waals surface area contributed by atoms with Crippen molar-refractivity contribution in [1.82, 2.24) is 0 Å². The Morgan fingerprint density at radius 3 is 2.05 bits per heavy atom. The molecule has 9 aromatic carbocycles. The lowest BCUT2D eigenvalue weighted by Crippen LogP contribution is -2.22. The molecule has 0 N–H and O–H groups in total. The van der Waals surface area contributed by atoms with Crippen molar-refractivity contribution < 1.29 is 11.0 Å². The van der Waals surface area contributed by atoms with E-state index < -0.39 is 17.5 Å². The largest absolute Gasteiger partial charge is 0.310 e. The Morgan fingerprint density at radius 2 is 1.16 bits per heavy atom. The summed E-state index contributed by atoms with van der Waals surface area (Å²) in [7, 11) is 0. The lowest BCUT2D eigenvalue weighted by Gasteiger charge is -2.31. The first kappa shape index (κ1) is 25.4. The van der Waals surface area contributed by atoms with Crippen LogP contribution < -0.4 is 4.90 Å². The number of rotatable bonds is 6. The number of hydrogen-bond acceptors (Lipinski definition) is 2. The normalized spacial score (nSPS) is 16.6. The molecule has 0 bridgehead atoms. The topological polar surface area (TPSA) is 3.24 Å². The second-order valence-electron chi connectivity index (χ2n) is 14.3. The summed E-state index contributed by atoms with van der Waals surface area (Å²) in [5.74, 6) is 0. The van der Waals surface area contributed by atoms with Crippen LogP contribution in [0.2, 0.25) is 0 Å². The number of anilines is 3. The summed E-state index contributed by atoms with van der Waals surface area (Å²) < 4.78 is 79.7. The van der Waals surface area contributed by atoms with Crippen molar-refractivity contribution in [3.63, 3.8) is 0 Å². The molecule has 56 heavy (non-hydrogen) atoms. The molecule has 1 heterocycles. The molecular formula is C54H37NS.